The van der Waals surface area contributed by atoms with Crippen molar-refractivity contribution in [2.75, 3.05) is 5.73 Å². The molecule has 0 aliphatic rings. The number of hydrogen-bond acceptors (Lipinski definition) is 4. The van der Waals surface area contributed by atoms with Gasteiger partial charge in [0.1, 0.15) is 12.1 Å². The van der Waals surface area contributed by atoms with Crippen molar-refractivity contribution in [1.82, 2.24) is 24.6 Å². The molecule has 2 aromatic heterocycles. The van der Waals surface area contributed by atoms with Gasteiger partial charge in [-0.05, 0) is 27.7 Å². The van der Waals surface area contributed by atoms with Gasteiger partial charge in [-0.1, -0.05) is 0 Å². The summed E-state index contributed by atoms with van der Waals surface area (Å²) in [5, 5.41) is 7.18. The van der Waals surface area contributed by atoms with E-state index in [2.05, 4.69) is 15.4 Å². The molecule has 2 heterocycles. The number of nitrogens with zero attached hydrogens (tertiary/aromatic N) is 4. The van der Waals surface area contributed by atoms with Crippen molar-refractivity contribution < 1.29 is 4.79 Å². The van der Waals surface area contributed by atoms with E-state index < -0.39 is 0 Å². The highest BCUT2D eigenvalue weighted by Crippen LogP contribution is 2.20. The normalized spacial score (nSPS) is 12.1. The zero-order valence-corrected chi connectivity index (χ0v) is 12.0. The Bertz CT molecular complexity index is 631. The highest BCUT2D eigenvalue weighted by atomic mass is 16.2. The number of imidazole rings is 1. The molecule has 3 N–H and O–H groups in total. The van der Waals surface area contributed by atoms with Crippen LogP contribution in [0.2, 0.25) is 0 Å². The van der Waals surface area contributed by atoms with Crippen LogP contribution in [0.25, 0.3) is 11.2 Å². The molecule has 0 aliphatic carbocycles. The number of anilines is 1. The minimum absolute atomic E-state index is 0.0997. The van der Waals surface area contributed by atoms with Crippen LogP contribution in [0.3, 0.4) is 0 Å². The number of aromatic nitrogens is 4. The van der Waals surface area contributed by atoms with Gasteiger partial charge in [-0.25, -0.2) is 4.98 Å². The quantitative estimate of drug-likeness (QED) is 0.830. The fourth-order valence-electron chi connectivity index (χ4n) is 2.11. The van der Waals surface area contributed by atoms with Gasteiger partial charge in [-0.3, -0.25) is 14.0 Å². The van der Waals surface area contributed by atoms with Crippen molar-refractivity contribution in [2.45, 2.75) is 39.8 Å². The monoisotopic (exact) mass is 264 g/mol. The lowest BCUT2D eigenvalue weighted by molar-refractivity contribution is -0.123. The van der Waals surface area contributed by atoms with Gasteiger partial charge in [-0.15, -0.1) is 0 Å². The summed E-state index contributed by atoms with van der Waals surface area (Å²) in [6, 6.07) is 0. The molecule has 2 rings (SSSR count). The molecule has 0 saturated heterocycles. The number of nitrogens with two attached hydrogens (primary N) is 1. The average molecular weight is 264 g/mol. The van der Waals surface area contributed by atoms with Gasteiger partial charge in [0.15, 0.2) is 5.65 Å². The van der Waals surface area contributed by atoms with E-state index >= 15 is 0 Å². The van der Waals surface area contributed by atoms with Crippen LogP contribution in [0.15, 0.2) is 0 Å². The largest absolute Gasteiger partial charge is 0.369 e. The third-order valence-corrected chi connectivity index (χ3v) is 2.74. The second-order valence-corrected chi connectivity index (χ2v) is 5.74. The lowest BCUT2D eigenvalue weighted by Crippen LogP contribution is -2.42. The summed E-state index contributed by atoms with van der Waals surface area (Å²) in [6.45, 7) is 7.82. The van der Waals surface area contributed by atoms with Gasteiger partial charge in [0.05, 0.1) is 5.69 Å². The van der Waals surface area contributed by atoms with E-state index in [1.807, 2.05) is 34.7 Å². The van der Waals surface area contributed by atoms with Crippen molar-refractivity contribution in [3.05, 3.63) is 5.69 Å². The Balaban J connectivity index is 2.35. The highest BCUT2D eigenvalue weighted by Gasteiger charge is 2.19. The molecule has 0 aliphatic heterocycles. The van der Waals surface area contributed by atoms with E-state index in [4.69, 9.17) is 5.73 Å². The Labute approximate surface area is 111 Å². The van der Waals surface area contributed by atoms with E-state index in [1.165, 1.54) is 0 Å². The first-order valence-corrected chi connectivity index (χ1v) is 6.15. The maximum absolute atomic E-state index is 12.0. The number of fused-ring (bicyclic) bond motifs is 1. The Morgan fingerprint density at radius 2 is 2.05 bits per heavy atom. The number of aryl methyl sites for hydroxylation is 2. The predicted molar refractivity (Wildman–Crippen MR) is 73.5 cm³/mol. The van der Waals surface area contributed by atoms with Gasteiger partial charge in [0, 0.05) is 12.6 Å². The predicted octanol–water partition coefficient (Wildman–Crippen LogP) is 0.575. The van der Waals surface area contributed by atoms with Crippen LogP contribution in [0.4, 0.5) is 5.95 Å². The molecule has 0 spiro atoms. The smallest absolute Gasteiger partial charge is 0.240 e. The lowest BCUT2D eigenvalue weighted by atomic mass is 10.1. The molecule has 7 heteroatoms. The van der Waals surface area contributed by atoms with Crippen LogP contribution < -0.4 is 11.1 Å². The molecule has 1 amide bonds. The van der Waals surface area contributed by atoms with E-state index in [-0.39, 0.29) is 18.0 Å². The molecule has 0 unspecified atom stereocenters. The van der Waals surface area contributed by atoms with E-state index in [0.717, 1.165) is 16.9 Å². The Hall–Kier alpha value is -2.05. The molecule has 104 valence electrons. The van der Waals surface area contributed by atoms with Crippen molar-refractivity contribution in [3.63, 3.8) is 0 Å². The number of rotatable bonds is 2. The van der Waals surface area contributed by atoms with Crippen LogP contribution in [0.5, 0.6) is 0 Å². The third kappa shape index (κ3) is 2.54. The zero-order chi connectivity index (χ0) is 14.4. The summed E-state index contributed by atoms with van der Waals surface area (Å²) in [7, 11) is 1.81. The van der Waals surface area contributed by atoms with Crippen LogP contribution in [-0.2, 0) is 18.4 Å². The second kappa shape index (κ2) is 4.25. The van der Waals surface area contributed by atoms with Crippen molar-refractivity contribution in [1.29, 1.82) is 0 Å². The molecule has 0 radical (unpaired) electrons. The number of hydrogen-bond donors (Lipinski definition) is 2. The number of nitrogens with one attached hydrogen (secondary N) is 1. The minimum atomic E-state index is -0.270. The van der Waals surface area contributed by atoms with Crippen LogP contribution >= 0.6 is 0 Å². The molecule has 0 fully saturated rings. The number of carbonyl (C=O) groups excluding carboxylic acids is 1. The maximum Gasteiger partial charge on any atom is 0.240 e. The molecule has 19 heavy (non-hydrogen) atoms. The van der Waals surface area contributed by atoms with Gasteiger partial charge < -0.3 is 11.1 Å². The summed E-state index contributed by atoms with van der Waals surface area (Å²) in [6.07, 6.45) is 0. The topological polar surface area (TPSA) is 90.8 Å². The third-order valence-electron chi connectivity index (χ3n) is 2.74. The summed E-state index contributed by atoms with van der Waals surface area (Å²) in [5.74, 6) is 0.229. The summed E-state index contributed by atoms with van der Waals surface area (Å²) >= 11 is 0. The second-order valence-electron chi connectivity index (χ2n) is 5.74. The molecule has 7 nitrogen and oxygen atoms in total. The van der Waals surface area contributed by atoms with Gasteiger partial charge in [0.2, 0.25) is 11.9 Å². The highest BCUT2D eigenvalue weighted by molar-refractivity contribution is 5.82. The molecular weight excluding hydrogens is 244 g/mol. The summed E-state index contributed by atoms with van der Waals surface area (Å²) in [4.78, 5) is 16.3. The summed E-state index contributed by atoms with van der Waals surface area (Å²) in [5.41, 5.74) is 7.92. The van der Waals surface area contributed by atoms with Crippen molar-refractivity contribution in [3.8, 4) is 0 Å². The van der Waals surface area contributed by atoms with E-state index in [9.17, 15) is 4.79 Å². The first-order chi connectivity index (χ1) is 8.69. The molecule has 2 aromatic rings. The summed E-state index contributed by atoms with van der Waals surface area (Å²) < 4.78 is 3.37. The zero-order valence-electron chi connectivity index (χ0n) is 12.0. The van der Waals surface area contributed by atoms with Crippen molar-refractivity contribution in [2.24, 2.45) is 7.05 Å². The Morgan fingerprint density at radius 1 is 1.42 bits per heavy atom. The van der Waals surface area contributed by atoms with Crippen LogP contribution in [-0.4, -0.2) is 30.8 Å². The van der Waals surface area contributed by atoms with Gasteiger partial charge in [0.25, 0.3) is 0 Å². The SMILES string of the molecule is Cc1nn(C)c2c1nc(N)n2CC(=O)NC(C)(C)C. The number of carbonyl (C=O) groups is 1. The first-order valence-electron chi connectivity index (χ1n) is 6.15. The molecule has 0 atom stereocenters. The lowest BCUT2D eigenvalue weighted by Gasteiger charge is -2.20. The fraction of sp³-hybridized carbons (Fsp3) is 0.583. The van der Waals surface area contributed by atoms with Gasteiger partial charge >= 0.3 is 0 Å². The first kappa shape index (κ1) is 13.4. The molecule has 0 saturated carbocycles. The molecule has 0 aromatic carbocycles. The molecule has 0 bridgehead atoms. The van der Waals surface area contributed by atoms with E-state index in [0.29, 0.717) is 5.95 Å². The van der Waals surface area contributed by atoms with Gasteiger partial charge in [-0.2, -0.15) is 5.10 Å². The fourth-order valence-corrected chi connectivity index (χ4v) is 2.11. The standard InChI is InChI=1S/C12H20N6O/c1-7-9-10(17(5)16-7)18(11(13)14-9)6-8(19)15-12(2,3)4/h6H2,1-5H3,(H2,13,14)(H,15,19). The minimum Gasteiger partial charge on any atom is -0.369 e. The van der Waals surface area contributed by atoms with Crippen LogP contribution in [0, 0.1) is 6.92 Å². The Kier molecular flexibility index (Phi) is 3.00. The number of nitrogen functional groups attached to an aromatic ring is 1. The number of amides is 1. The van der Waals surface area contributed by atoms with Crippen LogP contribution in [0.1, 0.15) is 26.5 Å². The van der Waals surface area contributed by atoms with Crippen molar-refractivity contribution >= 4 is 23.0 Å². The average Bonchev–Trinajstić information content (AvgIpc) is 2.66. The van der Waals surface area contributed by atoms with E-state index in [1.54, 1.807) is 9.25 Å². The molecular formula is C12H20N6O. The maximum atomic E-state index is 12.0. The Morgan fingerprint density at radius 3 is 2.63 bits per heavy atom.